The molecule has 2 aromatic heterocycles. The topological polar surface area (TPSA) is 60.9 Å². The number of rotatable bonds is 5. The van der Waals surface area contributed by atoms with Crippen molar-refractivity contribution in [3.8, 4) is 0 Å². The Kier molecular flexibility index (Phi) is 4.17. The smallest absolute Gasteiger partial charge is 0.249 e. The molecule has 2 N–H and O–H groups in total. The van der Waals surface area contributed by atoms with Gasteiger partial charge in [-0.15, -0.1) is 0 Å². The zero-order valence-electron chi connectivity index (χ0n) is 14.7. The second kappa shape index (κ2) is 6.64. The van der Waals surface area contributed by atoms with Crippen LogP contribution in [0, 0.1) is 6.07 Å². The number of aromatic nitrogens is 2. The van der Waals surface area contributed by atoms with Crippen molar-refractivity contribution in [3.63, 3.8) is 0 Å². The zero-order chi connectivity index (χ0) is 18.1. The van der Waals surface area contributed by atoms with E-state index in [2.05, 4.69) is 28.6 Å². The molecule has 0 aliphatic heterocycles. The van der Waals surface area contributed by atoms with Gasteiger partial charge in [-0.05, 0) is 53.9 Å². The van der Waals surface area contributed by atoms with Crippen LogP contribution in [0.5, 0.6) is 0 Å². The molecule has 1 amide bonds. The largest absolute Gasteiger partial charge is 0.366 e. The van der Waals surface area contributed by atoms with Crippen LogP contribution in [0.3, 0.4) is 0 Å². The number of primary amides is 1. The van der Waals surface area contributed by atoms with Crippen molar-refractivity contribution < 1.29 is 4.79 Å². The van der Waals surface area contributed by atoms with Gasteiger partial charge in [0, 0.05) is 35.3 Å². The van der Waals surface area contributed by atoms with E-state index >= 15 is 0 Å². The van der Waals surface area contributed by atoms with Crippen LogP contribution in [0.1, 0.15) is 34.8 Å². The monoisotopic (exact) mass is 342 g/mol. The van der Waals surface area contributed by atoms with E-state index in [1.54, 1.807) is 18.5 Å². The number of amides is 1. The fraction of sp³-hybridized carbons (Fsp3) is 0.182. The highest BCUT2D eigenvalue weighted by atomic mass is 16.1. The molecular weight excluding hydrogens is 322 g/mol. The molecular formula is C22H20N3O. The van der Waals surface area contributed by atoms with E-state index < -0.39 is 5.91 Å². The summed E-state index contributed by atoms with van der Waals surface area (Å²) < 4.78 is 2.24. The van der Waals surface area contributed by atoms with Gasteiger partial charge in [-0.1, -0.05) is 25.5 Å². The van der Waals surface area contributed by atoms with Crippen LogP contribution in [0.4, 0.5) is 0 Å². The molecule has 0 fully saturated rings. The van der Waals surface area contributed by atoms with Crippen LogP contribution < -0.4 is 5.73 Å². The number of aryl methyl sites for hydroxylation is 1. The maximum absolute atomic E-state index is 12.0. The second-order valence-electron chi connectivity index (χ2n) is 6.52. The molecule has 4 rings (SSSR count). The minimum Gasteiger partial charge on any atom is -0.366 e. The Hall–Kier alpha value is -3.14. The predicted octanol–water partition coefficient (Wildman–Crippen LogP) is 4.09. The van der Waals surface area contributed by atoms with E-state index in [4.69, 9.17) is 5.73 Å². The Morgan fingerprint density at radius 3 is 2.69 bits per heavy atom. The summed E-state index contributed by atoms with van der Waals surface area (Å²) in [5.74, 6) is -0.412. The SMILES string of the molecule is CCCc1c[c]c2c3c(C(N)=O)cccc3n(Cc3ccncc3)c2c1. The molecule has 0 atom stereocenters. The minimum atomic E-state index is -0.412. The minimum absolute atomic E-state index is 0.412. The number of benzene rings is 2. The summed E-state index contributed by atoms with van der Waals surface area (Å²) in [4.78, 5) is 16.1. The molecule has 129 valence electrons. The summed E-state index contributed by atoms with van der Waals surface area (Å²) in [6, 6.07) is 17.4. The van der Waals surface area contributed by atoms with Crippen LogP contribution >= 0.6 is 0 Å². The standard InChI is InChI=1S/C22H20N3O/c1-2-4-15-7-8-17-20(13-15)25(14-16-9-11-24-12-10-16)19-6-3-5-18(21(17)19)22(23)26/h3,5-7,9-13H,2,4,14H2,1H3,(H2,23,26). The van der Waals surface area contributed by atoms with Crippen molar-refractivity contribution in [1.82, 2.24) is 9.55 Å². The third kappa shape index (κ3) is 2.73. The summed E-state index contributed by atoms with van der Waals surface area (Å²) in [5.41, 5.74) is 10.7. The molecule has 0 unspecified atom stereocenters. The Morgan fingerprint density at radius 2 is 1.96 bits per heavy atom. The van der Waals surface area contributed by atoms with Crippen molar-refractivity contribution in [3.05, 3.63) is 77.6 Å². The van der Waals surface area contributed by atoms with Gasteiger partial charge in [-0.2, -0.15) is 0 Å². The molecule has 0 saturated carbocycles. The Morgan fingerprint density at radius 1 is 1.15 bits per heavy atom. The quantitative estimate of drug-likeness (QED) is 0.594. The molecule has 2 aromatic carbocycles. The molecule has 4 nitrogen and oxygen atoms in total. The maximum Gasteiger partial charge on any atom is 0.249 e. The lowest BCUT2D eigenvalue weighted by Crippen LogP contribution is -2.11. The van der Waals surface area contributed by atoms with Gasteiger partial charge in [0.2, 0.25) is 5.91 Å². The fourth-order valence-electron chi connectivity index (χ4n) is 3.58. The Bertz CT molecular complexity index is 1100. The van der Waals surface area contributed by atoms with E-state index in [9.17, 15) is 4.79 Å². The maximum atomic E-state index is 12.0. The van der Waals surface area contributed by atoms with E-state index in [1.807, 2.05) is 30.3 Å². The zero-order valence-corrected chi connectivity index (χ0v) is 14.7. The molecule has 0 spiro atoms. The molecule has 26 heavy (non-hydrogen) atoms. The van der Waals surface area contributed by atoms with Crippen molar-refractivity contribution >= 4 is 27.7 Å². The lowest BCUT2D eigenvalue weighted by Gasteiger charge is -2.08. The number of hydrogen-bond donors (Lipinski definition) is 1. The molecule has 4 heteroatoms. The number of fused-ring (bicyclic) bond motifs is 3. The number of carbonyl (C=O) groups excluding carboxylic acids is 1. The van der Waals surface area contributed by atoms with Gasteiger partial charge in [0.05, 0.1) is 11.0 Å². The van der Waals surface area contributed by atoms with Crippen LogP contribution in [-0.4, -0.2) is 15.5 Å². The van der Waals surface area contributed by atoms with Crippen LogP contribution in [0.25, 0.3) is 21.8 Å². The lowest BCUT2D eigenvalue weighted by molar-refractivity contribution is 0.100. The lowest BCUT2D eigenvalue weighted by atomic mass is 10.0. The van der Waals surface area contributed by atoms with Crippen molar-refractivity contribution in [2.24, 2.45) is 5.73 Å². The van der Waals surface area contributed by atoms with Gasteiger partial charge in [-0.3, -0.25) is 9.78 Å². The van der Waals surface area contributed by atoms with E-state index in [0.29, 0.717) is 12.1 Å². The second-order valence-corrected chi connectivity index (χ2v) is 6.52. The summed E-state index contributed by atoms with van der Waals surface area (Å²) in [6.07, 6.45) is 5.68. The first-order chi connectivity index (χ1) is 12.7. The molecule has 0 aliphatic carbocycles. The molecule has 2 heterocycles. The number of nitrogens with zero attached hydrogens (tertiary/aromatic N) is 2. The molecule has 0 saturated heterocycles. The number of nitrogens with two attached hydrogens (primary N) is 1. The van der Waals surface area contributed by atoms with Gasteiger partial charge in [0.25, 0.3) is 0 Å². The first kappa shape index (κ1) is 16.3. The fourth-order valence-corrected chi connectivity index (χ4v) is 3.58. The summed E-state index contributed by atoms with van der Waals surface area (Å²) in [7, 11) is 0. The predicted molar refractivity (Wildman–Crippen MR) is 104 cm³/mol. The summed E-state index contributed by atoms with van der Waals surface area (Å²) in [5, 5.41) is 1.83. The highest BCUT2D eigenvalue weighted by molar-refractivity contribution is 6.17. The van der Waals surface area contributed by atoms with Gasteiger partial charge < -0.3 is 10.3 Å². The highest BCUT2D eigenvalue weighted by Crippen LogP contribution is 2.32. The number of hydrogen-bond acceptors (Lipinski definition) is 2. The number of pyridine rings is 1. The summed E-state index contributed by atoms with van der Waals surface area (Å²) >= 11 is 0. The molecule has 4 aromatic rings. The van der Waals surface area contributed by atoms with Crippen molar-refractivity contribution in [1.29, 1.82) is 0 Å². The van der Waals surface area contributed by atoms with Crippen molar-refractivity contribution in [2.75, 3.05) is 0 Å². The Balaban J connectivity index is 2.03. The van der Waals surface area contributed by atoms with E-state index in [1.165, 1.54) is 5.56 Å². The normalized spacial score (nSPS) is 11.3. The third-order valence-corrected chi connectivity index (χ3v) is 4.75. The first-order valence-corrected chi connectivity index (χ1v) is 8.83. The molecule has 0 aliphatic rings. The average molecular weight is 342 g/mol. The van der Waals surface area contributed by atoms with Crippen LogP contribution in [-0.2, 0) is 13.0 Å². The van der Waals surface area contributed by atoms with Gasteiger partial charge in [0.15, 0.2) is 0 Å². The van der Waals surface area contributed by atoms with E-state index in [0.717, 1.165) is 40.2 Å². The van der Waals surface area contributed by atoms with Gasteiger partial charge in [-0.25, -0.2) is 0 Å². The highest BCUT2D eigenvalue weighted by Gasteiger charge is 2.17. The van der Waals surface area contributed by atoms with Crippen LogP contribution in [0.2, 0.25) is 0 Å². The summed E-state index contributed by atoms with van der Waals surface area (Å²) in [6.45, 7) is 2.87. The van der Waals surface area contributed by atoms with Gasteiger partial charge in [0.1, 0.15) is 0 Å². The van der Waals surface area contributed by atoms with Crippen molar-refractivity contribution in [2.45, 2.75) is 26.3 Å². The van der Waals surface area contributed by atoms with E-state index in [-0.39, 0.29) is 0 Å². The third-order valence-electron chi connectivity index (χ3n) is 4.75. The van der Waals surface area contributed by atoms with Crippen LogP contribution in [0.15, 0.2) is 54.9 Å². The molecule has 1 radical (unpaired) electrons. The average Bonchev–Trinajstić information content (AvgIpc) is 2.96. The van der Waals surface area contributed by atoms with Gasteiger partial charge >= 0.3 is 0 Å². The first-order valence-electron chi connectivity index (χ1n) is 8.83. The number of carbonyl (C=O) groups is 1. The molecule has 0 bridgehead atoms. The Labute approximate surface area is 152 Å².